The number of benzene rings is 3. The molecule has 0 fully saturated rings. The van der Waals surface area contributed by atoms with E-state index in [0.717, 1.165) is 10.8 Å². The van der Waals surface area contributed by atoms with E-state index >= 15 is 0 Å². The average molecular weight is 353 g/mol. The first-order chi connectivity index (χ1) is 13.3. The van der Waals surface area contributed by atoms with Crippen LogP contribution >= 0.6 is 0 Å². The fourth-order valence-electron chi connectivity index (χ4n) is 3.21. The van der Waals surface area contributed by atoms with E-state index in [4.69, 9.17) is 0 Å². The molecule has 0 saturated heterocycles. The van der Waals surface area contributed by atoms with Crippen molar-refractivity contribution in [3.05, 3.63) is 108 Å². The van der Waals surface area contributed by atoms with Gasteiger partial charge >= 0.3 is 0 Å². The number of fused-ring (bicyclic) bond motifs is 1. The van der Waals surface area contributed by atoms with Gasteiger partial charge in [-0.3, -0.25) is 9.59 Å². The number of nitrogens with zero attached hydrogens (tertiary/aromatic N) is 1. The predicted molar refractivity (Wildman–Crippen MR) is 103 cm³/mol. The van der Waals surface area contributed by atoms with Gasteiger partial charge in [0, 0.05) is 21.9 Å². The van der Waals surface area contributed by atoms with Crippen molar-refractivity contribution in [2.24, 2.45) is 0 Å². The summed E-state index contributed by atoms with van der Waals surface area (Å²) in [6, 6.07) is 25.3. The van der Waals surface area contributed by atoms with Gasteiger partial charge in [0.2, 0.25) is 6.20 Å². The third-order valence-electron chi connectivity index (χ3n) is 4.56. The molecule has 130 valence electrons. The topological polar surface area (TPSA) is 61.2 Å². The van der Waals surface area contributed by atoms with Crippen molar-refractivity contribution in [3.8, 4) is 0 Å². The molecule has 0 aliphatic heterocycles. The van der Waals surface area contributed by atoms with Crippen LogP contribution in [0.5, 0.6) is 0 Å². The number of aromatic nitrogens is 2. The molecule has 1 aromatic heterocycles. The van der Waals surface area contributed by atoms with E-state index in [9.17, 15) is 9.59 Å². The molecule has 0 amide bonds. The van der Waals surface area contributed by atoms with Gasteiger partial charge in [-0.1, -0.05) is 78.9 Å². The van der Waals surface area contributed by atoms with E-state index in [0.29, 0.717) is 16.8 Å². The molecule has 3 aromatic carbocycles. The summed E-state index contributed by atoms with van der Waals surface area (Å²) in [7, 11) is 0. The van der Waals surface area contributed by atoms with E-state index in [2.05, 4.69) is 10.2 Å². The molecule has 4 heteroatoms. The molecular weight excluding hydrogens is 336 g/mol. The van der Waals surface area contributed by atoms with Gasteiger partial charge in [-0.05, 0) is 11.2 Å². The van der Waals surface area contributed by atoms with Crippen molar-refractivity contribution in [2.45, 2.75) is 5.92 Å². The predicted octanol–water partition coefficient (Wildman–Crippen LogP) is 3.90. The highest BCUT2D eigenvalue weighted by molar-refractivity contribution is 6.21. The number of aromatic amines is 1. The lowest BCUT2D eigenvalue weighted by Crippen LogP contribution is -2.26. The quantitative estimate of drug-likeness (QED) is 0.404. The Morgan fingerprint density at radius 1 is 0.704 bits per heavy atom. The molecule has 0 saturated carbocycles. The maximum absolute atomic E-state index is 13.3. The van der Waals surface area contributed by atoms with Gasteiger partial charge in [-0.15, -0.1) is 5.10 Å². The minimum atomic E-state index is -1.02. The minimum Gasteiger partial charge on any atom is -0.293 e. The summed E-state index contributed by atoms with van der Waals surface area (Å²) >= 11 is 0. The number of carbonyl (C=O) groups excluding carboxylic acids is 2. The molecule has 27 heavy (non-hydrogen) atoms. The Balaban J connectivity index is 1.90. The maximum Gasteiger partial charge on any atom is 0.201 e. The van der Waals surface area contributed by atoms with Crippen LogP contribution in [0.1, 0.15) is 32.3 Å². The van der Waals surface area contributed by atoms with Crippen LogP contribution in [0.15, 0.2) is 91.1 Å². The first-order valence-electron chi connectivity index (χ1n) is 8.70. The van der Waals surface area contributed by atoms with Gasteiger partial charge in [-0.25, -0.2) is 0 Å². The fraction of sp³-hybridized carbons (Fsp3) is 0.0435. The number of hydrogen-bond donors (Lipinski definition) is 0. The molecule has 0 unspecified atom stereocenters. The highest BCUT2D eigenvalue weighted by Crippen LogP contribution is 2.28. The summed E-state index contributed by atoms with van der Waals surface area (Å²) in [6.45, 7) is 0. The van der Waals surface area contributed by atoms with E-state index in [1.54, 1.807) is 54.7 Å². The number of H-pyrrole nitrogens is 1. The molecule has 0 bridgehead atoms. The number of Topliss-reactive ketones (excluding diaryl/α,β-unsaturated/α-hetero) is 2. The second-order valence-corrected chi connectivity index (χ2v) is 6.25. The summed E-state index contributed by atoms with van der Waals surface area (Å²) in [5, 5.41) is 8.86. The summed E-state index contributed by atoms with van der Waals surface area (Å²) in [5.74, 6) is -1.54. The van der Waals surface area contributed by atoms with Crippen molar-refractivity contribution in [3.63, 3.8) is 0 Å². The van der Waals surface area contributed by atoms with Gasteiger partial charge in [0.25, 0.3) is 0 Å². The molecule has 0 atom stereocenters. The van der Waals surface area contributed by atoms with Gasteiger partial charge in [0.05, 0.1) is 0 Å². The Morgan fingerprint density at radius 2 is 1.22 bits per heavy atom. The Kier molecular flexibility index (Phi) is 4.54. The summed E-state index contributed by atoms with van der Waals surface area (Å²) < 4.78 is 0. The van der Waals surface area contributed by atoms with Crippen LogP contribution in [0.2, 0.25) is 0 Å². The first-order valence-corrected chi connectivity index (χ1v) is 8.70. The van der Waals surface area contributed by atoms with Gasteiger partial charge < -0.3 is 0 Å². The van der Waals surface area contributed by atoms with Crippen LogP contribution in [0.4, 0.5) is 0 Å². The van der Waals surface area contributed by atoms with Gasteiger partial charge in [0.1, 0.15) is 11.6 Å². The fourth-order valence-corrected chi connectivity index (χ4v) is 3.21. The third kappa shape index (κ3) is 3.25. The lowest BCUT2D eigenvalue weighted by molar-refractivity contribution is -0.454. The van der Waals surface area contributed by atoms with Crippen molar-refractivity contribution >= 4 is 22.3 Å². The zero-order valence-electron chi connectivity index (χ0n) is 14.5. The van der Waals surface area contributed by atoms with E-state index in [-0.39, 0.29) is 11.6 Å². The van der Waals surface area contributed by atoms with E-state index in [1.807, 2.05) is 36.4 Å². The number of rotatable bonds is 5. The summed E-state index contributed by atoms with van der Waals surface area (Å²) in [4.78, 5) is 26.7. The lowest BCUT2D eigenvalue weighted by Gasteiger charge is -2.14. The van der Waals surface area contributed by atoms with E-state index < -0.39 is 5.92 Å². The molecule has 1 heterocycles. The number of hydrogen-bond acceptors (Lipinski definition) is 3. The molecule has 0 aliphatic carbocycles. The Bertz CT molecular complexity index is 1050. The smallest absolute Gasteiger partial charge is 0.201 e. The number of carbonyl (C=O) groups is 2. The first kappa shape index (κ1) is 16.8. The monoisotopic (exact) mass is 353 g/mol. The highest BCUT2D eigenvalue weighted by atomic mass is 16.2. The van der Waals surface area contributed by atoms with Crippen LogP contribution in [0.3, 0.4) is 0 Å². The Labute approximate surface area is 156 Å². The van der Waals surface area contributed by atoms with E-state index in [1.165, 1.54) is 0 Å². The van der Waals surface area contributed by atoms with Gasteiger partial charge in [-0.2, -0.15) is 0 Å². The summed E-state index contributed by atoms with van der Waals surface area (Å²) in [6.07, 6.45) is 1.76. The Hall–Kier alpha value is -3.66. The average Bonchev–Trinajstić information content (AvgIpc) is 2.75. The zero-order chi connectivity index (χ0) is 18.6. The molecule has 0 spiro atoms. The third-order valence-corrected chi connectivity index (χ3v) is 4.56. The number of ketones is 2. The standard InChI is InChI=1S/C23H16N2O2/c26-22(16-9-3-1-4-10-16)20(23(27)17-11-5-2-6-12-17)21-19-14-8-7-13-18(19)15-24-25-21/h1-15,20H/p+1. The van der Waals surface area contributed by atoms with Crippen molar-refractivity contribution < 1.29 is 14.7 Å². The normalized spacial score (nSPS) is 10.9. The molecule has 1 N–H and O–H groups in total. The molecule has 4 rings (SSSR count). The van der Waals surface area contributed by atoms with Crippen molar-refractivity contribution in [1.82, 2.24) is 5.10 Å². The van der Waals surface area contributed by atoms with Gasteiger partial charge in [0.15, 0.2) is 11.6 Å². The maximum atomic E-state index is 13.3. The van der Waals surface area contributed by atoms with Crippen LogP contribution in [-0.2, 0) is 0 Å². The van der Waals surface area contributed by atoms with Crippen molar-refractivity contribution in [1.29, 1.82) is 0 Å². The molecule has 0 aliphatic rings. The molecule has 4 nitrogen and oxygen atoms in total. The molecular formula is C23H17N2O2+. The largest absolute Gasteiger partial charge is 0.293 e. The van der Waals surface area contributed by atoms with Crippen molar-refractivity contribution in [2.75, 3.05) is 0 Å². The van der Waals surface area contributed by atoms with Crippen LogP contribution < -0.4 is 5.10 Å². The SMILES string of the molecule is O=C(c1ccccc1)C(C(=O)c1ccccc1)c1n[nH+]cc2ccccc12. The Morgan fingerprint density at radius 3 is 1.81 bits per heavy atom. The van der Waals surface area contributed by atoms with Crippen LogP contribution in [-0.4, -0.2) is 16.7 Å². The molecule has 4 aromatic rings. The van der Waals surface area contributed by atoms with Crippen LogP contribution in [0.25, 0.3) is 10.8 Å². The minimum absolute atomic E-state index is 0.262. The second-order valence-electron chi connectivity index (χ2n) is 6.25. The lowest BCUT2D eigenvalue weighted by atomic mass is 9.85. The summed E-state index contributed by atoms with van der Waals surface area (Å²) in [5.41, 5.74) is 1.42. The second kappa shape index (κ2) is 7.30. The number of nitrogens with one attached hydrogen (secondary N) is 1. The molecule has 0 radical (unpaired) electrons. The zero-order valence-corrected chi connectivity index (χ0v) is 14.5. The highest BCUT2D eigenvalue weighted by Gasteiger charge is 2.34. The van der Waals surface area contributed by atoms with Crippen LogP contribution in [0, 0.1) is 0 Å².